The molecule has 6 nitrogen and oxygen atoms in total. The number of amides is 1. The monoisotopic (exact) mass is 472 g/mol. The standard InChI is InChI=1S/C29H32N2O4/c1-21(18-30-15-13-26(17-27(30)32)34-20-22-8-6-5-7-9-22)24-11-10-23-12-14-31(19-25(23)16-24)28(33)35-29(2,3)4/h5-11,13,15-17H,1,12,14,18-20H2,2-4H3. The Morgan fingerprint density at radius 3 is 2.51 bits per heavy atom. The topological polar surface area (TPSA) is 60.8 Å². The first-order valence-corrected chi connectivity index (χ1v) is 11.8. The fraction of sp³-hybridized carbons (Fsp3) is 0.310. The van der Waals surface area contributed by atoms with E-state index >= 15 is 0 Å². The zero-order valence-electron chi connectivity index (χ0n) is 20.6. The van der Waals surface area contributed by atoms with E-state index in [1.807, 2.05) is 57.2 Å². The summed E-state index contributed by atoms with van der Waals surface area (Å²) in [7, 11) is 0. The van der Waals surface area contributed by atoms with Gasteiger partial charge < -0.3 is 18.9 Å². The van der Waals surface area contributed by atoms with Crippen LogP contribution in [0.3, 0.4) is 0 Å². The Bertz CT molecular complexity index is 1270. The van der Waals surface area contributed by atoms with Gasteiger partial charge in [0.05, 0.1) is 6.54 Å². The van der Waals surface area contributed by atoms with Crippen molar-refractivity contribution in [2.45, 2.75) is 52.5 Å². The maximum Gasteiger partial charge on any atom is 0.410 e. The molecule has 2 heterocycles. The molecule has 0 aliphatic carbocycles. The van der Waals surface area contributed by atoms with E-state index < -0.39 is 5.60 Å². The van der Waals surface area contributed by atoms with Crippen LogP contribution in [0.1, 0.15) is 43.0 Å². The number of allylic oxidation sites excluding steroid dienone is 1. The second-order valence-electron chi connectivity index (χ2n) is 9.84. The van der Waals surface area contributed by atoms with Gasteiger partial charge in [0.25, 0.3) is 5.56 Å². The van der Waals surface area contributed by atoms with Crippen molar-refractivity contribution in [2.75, 3.05) is 6.54 Å². The largest absolute Gasteiger partial charge is 0.489 e. The molecular formula is C29H32N2O4. The SMILES string of the molecule is C=C(Cn1ccc(OCc2ccccc2)cc1=O)c1ccc2c(c1)CN(C(=O)OC(C)(C)C)CC2. The predicted octanol–water partition coefficient (Wildman–Crippen LogP) is 5.43. The van der Waals surface area contributed by atoms with Crippen LogP contribution >= 0.6 is 0 Å². The number of pyridine rings is 1. The molecule has 1 aliphatic rings. The fourth-order valence-corrected chi connectivity index (χ4v) is 4.01. The lowest BCUT2D eigenvalue weighted by molar-refractivity contribution is 0.0224. The Labute approximate surface area is 206 Å². The summed E-state index contributed by atoms with van der Waals surface area (Å²) in [5, 5.41) is 0. The molecule has 0 N–H and O–H groups in total. The van der Waals surface area contributed by atoms with Crippen LogP contribution in [-0.2, 0) is 30.9 Å². The molecule has 4 rings (SSSR count). The molecule has 35 heavy (non-hydrogen) atoms. The third-order valence-electron chi connectivity index (χ3n) is 5.86. The van der Waals surface area contributed by atoms with Gasteiger partial charge in [0.2, 0.25) is 0 Å². The number of benzene rings is 2. The fourth-order valence-electron chi connectivity index (χ4n) is 4.01. The van der Waals surface area contributed by atoms with Crippen molar-refractivity contribution in [1.29, 1.82) is 0 Å². The van der Waals surface area contributed by atoms with Crippen molar-refractivity contribution < 1.29 is 14.3 Å². The molecule has 1 amide bonds. The Morgan fingerprint density at radius 1 is 1.03 bits per heavy atom. The minimum Gasteiger partial charge on any atom is -0.489 e. The molecule has 0 saturated heterocycles. The van der Waals surface area contributed by atoms with Crippen LogP contribution in [0.25, 0.3) is 5.57 Å². The highest BCUT2D eigenvalue weighted by molar-refractivity contribution is 5.69. The number of fused-ring (bicyclic) bond motifs is 1. The number of hydrogen-bond donors (Lipinski definition) is 0. The minimum absolute atomic E-state index is 0.147. The number of aromatic nitrogens is 1. The van der Waals surface area contributed by atoms with Gasteiger partial charge in [0.15, 0.2) is 0 Å². The van der Waals surface area contributed by atoms with E-state index in [2.05, 4.69) is 18.7 Å². The van der Waals surface area contributed by atoms with Crippen LogP contribution in [0.2, 0.25) is 0 Å². The Morgan fingerprint density at radius 2 is 1.80 bits per heavy atom. The van der Waals surface area contributed by atoms with Crippen molar-refractivity contribution in [3.63, 3.8) is 0 Å². The number of rotatable bonds is 6. The van der Waals surface area contributed by atoms with Gasteiger partial charge in [0.1, 0.15) is 18.0 Å². The van der Waals surface area contributed by atoms with Gasteiger partial charge in [-0.2, -0.15) is 0 Å². The molecule has 0 saturated carbocycles. The second kappa shape index (κ2) is 10.2. The lowest BCUT2D eigenvalue weighted by Gasteiger charge is -2.31. The number of carbonyl (C=O) groups excluding carboxylic acids is 1. The molecule has 182 valence electrons. The van der Waals surface area contributed by atoms with Crippen molar-refractivity contribution in [2.24, 2.45) is 0 Å². The first-order chi connectivity index (χ1) is 16.7. The van der Waals surface area contributed by atoms with Gasteiger partial charge in [-0.25, -0.2) is 4.79 Å². The van der Waals surface area contributed by atoms with Gasteiger partial charge >= 0.3 is 6.09 Å². The quantitative estimate of drug-likeness (QED) is 0.480. The summed E-state index contributed by atoms with van der Waals surface area (Å²) in [5.74, 6) is 0.539. The highest BCUT2D eigenvalue weighted by Gasteiger charge is 2.26. The molecule has 0 spiro atoms. The van der Waals surface area contributed by atoms with Crippen LogP contribution in [0.4, 0.5) is 4.79 Å². The normalized spacial score (nSPS) is 13.2. The van der Waals surface area contributed by atoms with E-state index in [1.54, 1.807) is 21.7 Å². The summed E-state index contributed by atoms with van der Waals surface area (Å²) < 4.78 is 12.9. The minimum atomic E-state index is -0.525. The van der Waals surface area contributed by atoms with Crippen molar-refractivity contribution in [3.8, 4) is 5.75 Å². The molecule has 1 aliphatic heterocycles. The van der Waals surface area contributed by atoms with E-state index in [0.29, 0.717) is 32.0 Å². The van der Waals surface area contributed by atoms with Crippen molar-refractivity contribution in [1.82, 2.24) is 9.47 Å². The maximum absolute atomic E-state index is 12.7. The third kappa shape index (κ3) is 6.41. The van der Waals surface area contributed by atoms with Gasteiger partial charge in [-0.15, -0.1) is 0 Å². The van der Waals surface area contributed by atoms with Crippen LogP contribution < -0.4 is 10.3 Å². The number of carbonyl (C=O) groups is 1. The predicted molar refractivity (Wildman–Crippen MR) is 137 cm³/mol. The average molecular weight is 473 g/mol. The number of nitrogens with zero attached hydrogens (tertiary/aromatic N) is 2. The van der Waals surface area contributed by atoms with Crippen LogP contribution in [-0.4, -0.2) is 27.7 Å². The Balaban J connectivity index is 1.41. The number of ether oxygens (including phenoxy) is 2. The van der Waals surface area contributed by atoms with Crippen molar-refractivity contribution in [3.05, 3.63) is 106 Å². The molecule has 3 aromatic rings. The number of hydrogen-bond acceptors (Lipinski definition) is 4. The lowest BCUT2D eigenvalue weighted by atomic mass is 9.95. The van der Waals surface area contributed by atoms with E-state index in [9.17, 15) is 9.59 Å². The molecule has 2 aromatic carbocycles. The third-order valence-corrected chi connectivity index (χ3v) is 5.86. The molecule has 0 radical (unpaired) electrons. The molecule has 1 aromatic heterocycles. The van der Waals surface area contributed by atoms with Gasteiger partial charge in [-0.05, 0) is 67.2 Å². The van der Waals surface area contributed by atoms with Crippen LogP contribution in [0, 0.1) is 0 Å². The van der Waals surface area contributed by atoms with E-state index in [4.69, 9.17) is 9.47 Å². The zero-order chi connectivity index (χ0) is 25.0. The van der Waals surface area contributed by atoms with Crippen LogP contribution in [0.5, 0.6) is 5.75 Å². The maximum atomic E-state index is 12.7. The van der Waals surface area contributed by atoms with E-state index in [0.717, 1.165) is 28.7 Å². The summed E-state index contributed by atoms with van der Waals surface area (Å²) in [5.41, 5.74) is 4.45. The highest BCUT2D eigenvalue weighted by atomic mass is 16.6. The van der Waals surface area contributed by atoms with Gasteiger partial charge in [-0.1, -0.05) is 49.0 Å². The van der Waals surface area contributed by atoms with Crippen molar-refractivity contribution >= 4 is 11.7 Å². The molecule has 0 unspecified atom stereocenters. The first-order valence-electron chi connectivity index (χ1n) is 11.8. The highest BCUT2D eigenvalue weighted by Crippen LogP contribution is 2.25. The average Bonchev–Trinajstić information content (AvgIpc) is 2.83. The summed E-state index contributed by atoms with van der Waals surface area (Å²) in [6, 6.07) is 19.3. The Kier molecular flexibility index (Phi) is 7.10. The molecular weight excluding hydrogens is 440 g/mol. The lowest BCUT2D eigenvalue weighted by Crippen LogP contribution is -2.39. The second-order valence-corrected chi connectivity index (χ2v) is 9.84. The van der Waals surface area contributed by atoms with Gasteiger partial charge in [0, 0.05) is 25.4 Å². The first kappa shape index (κ1) is 24.3. The smallest absolute Gasteiger partial charge is 0.410 e. The molecule has 0 fully saturated rings. The summed E-state index contributed by atoms with van der Waals surface area (Å²) in [4.78, 5) is 26.9. The summed E-state index contributed by atoms with van der Waals surface area (Å²) >= 11 is 0. The van der Waals surface area contributed by atoms with Gasteiger partial charge in [-0.3, -0.25) is 4.79 Å². The molecule has 0 atom stereocenters. The summed E-state index contributed by atoms with van der Waals surface area (Å²) in [6.07, 6.45) is 2.22. The van der Waals surface area contributed by atoms with E-state index in [1.165, 1.54) is 11.6 Å². The molecule has 6 heteroatoms. The molecule has 0 bridgehead atoms. The summed E-state index contributed by atoms with van der Waals surface area (Å²) in [6.45, 7) is 11.7. The van der Waals surface area contributed by atoms with Crippen LogP contribution in [0.15, 0.2) is 78.2 Å². The zero-order valence-corrected chi connectivity index (χ0v) is 20.6. The Hall–Kier alpha value is -3.80. The van der Waals surface area contributed by atoms with E-state index in [-0.39, 0.29) is 11.7 Å².